The molecule has 0 bridgehead atoms. The molecule has 0 aliphatic rings. The molecule has 2 atom stereocenters. The zero-order valence-electron chi connectivity index (χ0n) is 18.9. The number of alkyl halides is 2. The normalized spacial score (nSPS) is 14.3. The Morgan fingerprint density at radius 2 is 1.66 bits per heavy atom. The van der Waals surface area contributed by atoms with E-state index in [1.165, 1.54) is 12.1 Å². The highest BCUT2D eigenvalue weighted by Crippen LogP contribution is 2.29. The van der Waals surface area contributed by atoms with E-state index in [1.807, 2.05) is 20.8 Å². The lowest BCUT2D eigenvalue weighted by molar-refractivity contribution is 0.0174. The number of aromatic nitrogens is 3. The Kier molecular flexibility index (Phi) is 8.47. The molecule has 8 nitrogen and oxygen atoms in total. The standard InChI is InChI=1S/C21H31F2N5O3S/c1-13(2)10-17(12-29)24-19-25-18(26-20(27-19)28-32(5,30)31)11-14(3)15-6-8-16(9-7-15)21(4,22)23/h6-9,13-14,17,29H,10-12H2,1-5H3,(H2,24,25,26,27,28)/t14?,17-/m1/s1. The second kappa shape index (κ2) is 10.5. The predicted molar refractivity (Wildman–Crippen MR) is 120 cm³/mol. The number of anilines is 2. The molecule has 2 rings (SSSR count). The second-order valence-corrected chi connectivity index (χ2v) is 10.3. The molecule has 1 heterocycles. The summed E-state index contributed by atoms with van der Waals surface area (Å²) in [5.74, 6) is -2.38. The number of benzene rings is 1. The van der Waals surface area contributed by atoms with Gasteiger partial charge in [-0.3, -0.25) is 4.72 Å². The third-order valence-electron chi connectivity index (χ3n) is 4.74. The Hall–Kier alpha value is -2.40. The zero-order valence-corrected chi connectivity index (χ0v) is 19.7. The van der Waals surface area contributed by atoms with Crippen molar-refractivity contribution in [3.8, 4) is 0 Å². The van der Waals surface area contributed by atoms with Crippen LogP contribution in [0.4, 0.5) is 20.7 Å². The van der Waals surface area contributed by atoms with Gasteiger partial charge in [0.15, 0.2) is 0 Å². The van der Waals surface area contributed by atoms with Crippen LogP contribution in [-0.2, 0) is 22.4 Å². The minimum Gasteiger partial charge on any atom is -0.394 e. The highest BCUT2D eigenvalue weighted by molar-refractivity contribution is 7.91. The van der Waals surface area contributed by atoms with Gasteiger partial charge in [-0.15, -0.1) is 0 Å². The fourth-order valence-electron chi connectivity index (χ4n) is 3.21. The summed E-state index contributed by atoms with van der Waals surface area (Å²) in [6.07, 6.45) is 1.98. The summed E-state index contributed by atoms with van der Waals surface area (Å²) in [5.41, 5.74) is 0.749. The molecule has 1 aromatic heterocycles. The molecule has 0 amide bonds. The van der Waals surface area contributed by atoms with E-state index in [2.05, 4.69) is 25.0 Å². The van der Waals surface area contributed by atoms with Gasteiger partial charge in [0.05, 0.1) is 18.9 Å². The highest BCUT2D eigenvalue weighted by Gasteiger charge is 2.24. The van der Waals surface area contributed by atoms with Crippen LogP contribution in [0.5, 0.6) is 0 Å². The average Bonchev–Trinajstić information content (AvgIpc) is 2.65. The molecular weight excluding hydrogens is 440 g/mol. The first-order chi connectivity index (χ1) is 14.8. The molecule has 0 aliphatic heterocycles. The Balaban J connectivity index is 2.29. The molecule has 2 aromatic rings. The molecule has 178 valence electrons. The lowest BCUT2D eigenvalue weighted by Crippen LogP contribution is -2.27. The molecule has 0 saturated carbocycles. The van der Waals surface area contributed by atoms with E-state index in [1.54, 1.807) is 12.1 Å². The van der Waals surface area contributed by atoms with Crippen LogP contribution in [0.3, 0.4) is 0 Å². The fourth-order valence-corrected chi connectivity index (χ4v) is 3.64. The van der Waals surface area contributed by atoms with Crippen molar-refractivity contribution in [3.05, 3.63) is 41.2 Å². The molecule has 0 aliphatic carbocycles. The van der Waals surface area contributed by atoms with E-state index in [-0.39, 0.29) is 36.0 Å². The van der Waals surface area contributed by atoms with Gasteiger partial charge < -0.3 is 10.4 Å². The van der Waals surface area contributed by atoms with Gasteiger partial charge in [0.1, 0.15) is 5.82 Å². The van der Waals surface area contributed by atoms with E-state index in [0.717, 1.165) is 18.7 Å². The van der Waals surface area contributed by atoms with Crippen molar-refractivity contribution in [1.29, 1.82) is 0 Å². The molecule has 1 unspecified atom stereocenters. The lowest BCUT2D eigenvalue weighted by atomic mass is 9.95. The summed E-state index contributed by atoms with van der Waals surface area (Å²) < 4.78 is 52.5. The first-order valence-electron chi connectivity index (χ1n) is 10.3. The maximum atomic E-state index is 13.5. The molecule has 0 fully saturated rings. The van der Waals surface area contributed by atoms with Crippen molar-refractivity contribution in [2.24, 2.45) is 5.92 Å². The Morgan fingerprint density at radius 1 is 1.06 bits per heavy atom. The highest BCUT2D eigenvalue weighted by atomic mass is 32.2. The molecule has 32 heavy (non-hydrogen) atoms. The first kappa shape index (κ1) is 25.9. The quantitative estimate of drug-likeness (QED) is 0.459. The first-order valence-corrected chi connectivity index (χ1v) is 12.2. The van der Waals surface area contributed by atoms with E-state index in [4.69, 9.17) is 0 Å². The van der Waals surface area contributed by atoms with Crippen molar-refractivity contribution < 1.29 is 22.3 Å². The van der Waals surface area contributed by atoms with Gasteiger partial charge in [0.25, 0.3) is 5.92 Å². The Bertz CT molecular complexity index is 995. The van der Waals surface area contributed by atoms with Gasteiger partial charge in [0.2, 0.25) is 21.9 Å². The molecule has 0 radical (unpaired) electrons. The number of hydrogen-bond donors (Lipinski definition) is 3. The Morgan fingerprint density at radius 3 is 2.16 bits per heavy atom. The van der Waals surface area contributed by atoms with Crippen LogP contribution in [0, 0.1) is 5.92 Å². The Labute approximate surface area is 188 Å². The van der Waals surface area contributed by atoms with Crippen molar-refractivity contribution in [1.82, 2.24) is 15.0 Å². The number of aliphatic hydroxyl groups is 1. The summed E-state index contributed by atoms with van der Waals surface area (Å²) in [6, 6.07) is 5.74. The summed E-state index contributed by atoms with van der Waals surface area (Å²) in [5, 5.41) is 12.7. The fraction of sp³-hybridized carbons (Fsp3) is 0.571. The van der Waals surface area contributed by atoms with Gasteiger partial charge in [-0.2, -0.15) is 15.0 Å². The molecule has 0 saturated heterocycles. The van der Waals surface area contributed by atoms with Gasteiger partial charge in [-0.05, 0) is 23.8 Å². The lowest BCUT2D eigenvalue weighted by Gasteiger charge is -2.19. The van der Waals surface area contributed by atoms with Gasteiger partial charge in [-0.1, -0.05) is 45.0 Å². The van der Waals surface area contributed by atoms with Crippen LogP contribution in [0.25, 0.3) is 0 Å². The van der Waals surface area contributed by atoms with Crippen LogP contribution < -0.4 is 10.0 Å². The van der Waals surface area contributed by atoms with E-state index < -0.39 is 15.9 Å². The predicted octanol–water partition coefficient (Wildman–Crippen LogP) is 3.52. The van der Waals surface area contributed by atoms with Gasteiger partial charge in [0, 0.05) is 18.9 Å². The molecule has 1 aromatic carbocycles. The molecule has 11 heteroatoms. The van der Waals surface area contributed by atoms with Crippen LogP contribution in [0.15, 0.2) is 24.3 Å². The zero-order chi connectivity index (χ0) is 24.1. The third kappa shape index (κ3) is 8.27. The van der Waals surface area contributed by atoms with Crippen molar-refractivity contribution in [2.75, 3.05) is 22.9 Å². The number of nitrogens with one attached hydrogen (secondary N) is 2. The van der Waals surface area contributed by atoms with Crippen LogP contribution in [0.1, 0.15) is 57.0 Å². The summed E-state index contributed by atoms with van der Waals surface area (Å²) >= 11 is 0. The van der Waals surface area contributed by atoms with E-state index in [0.29, 0.717) is 24.6 Å². The topological polar surface area (TPSA) is 117 Å². The number of hydrogen-bond acceptors (Lipinski definition) is 7. The number of aliphatic hydroxyl groups excluding tert-OH is 1. The second-order valence-electron chi connectivity index (χ2n) is 8.54. The maximum absolute atomic E-state index is 13.5. The number of sulfonamides is 1. The van der Waals surface area contributed by atoms with E-state index >= 15 is 0 Å². The van der Waals surface area contributed by atoms with Crippen molar-refractivity contribution >= 4 is 21.9 Å². The van der Waals surface area contributed by atoms with Crippen LogP contribution >= 0.6 is 0 Å². The number of rotatable bonds is 11. The largest absolute Gasteiger partial charge is 0.394 e. The van der Waals surface area contributed by atoms with Crippen molar-refractivity contribution in [2.45, 2.75) is 58.4 Å². The molecular formula is C21H31F2N5O3S. The maximum Gasteiger partial charge on any atom is 0.270 e. The van der Waals surface area contributed by atoms with Crippen molar-refractivity contribution in [3.63, 3.8) is 0 Å². The summed E-state index contributed by atoms with van der Waals surface area (Å²) in [7, 11) is -3.61. The number of nitrogens with zero attached hydrogens (tertiary/aromatic N) is 3. The third-order valence-corrected chi connectivity index (χ3v) is 5.30. The van der Waals surface area contributed by atoms with Gasteiger partial charge in [-0.25, -0.2) is 17.2 Å². The SMILES string of the molecule is CC(C)C[C@H](CO)Nc1nc(CC(C)c2ccc(C(C)(F)F)cc2)nc(NS(C)(=O)=O)n1. The molecule has 3 N–H and O–H groups in total. The van der Waals surface area contributed by atoms with Gasteiger partial charge >= 0.3 is 0 Å². The van der Waals surface area contributed by atoms with Crippen LogP contribution in [0.2, 0.25) is 0 Å². The monoisotopic (exact) mass is 471 g/mol. The average molecular weight is 472 g/mol. The number of halogens is 2. The minimum atomic E-state index is -3.61. The smallest absolute Gasteiger partial charge is 0.270 e. The molecule has 0 spiro atoms. The van der Waals surface area contributed by atoms with Crippen LogP contribution in [-0.4, -0.2) is 47.4 Å². The summed E-state index contributed by atoms with van der Waals surface area (Å²) in [4.78, 5) is 12.7. The van der Waals surface area contributed by atoms with E-state index in [9.17, 15) is 22.3 Å². The minimum absolute atomic E-state index is 0.0695. The summed E-state index contributed by atoms with van der Waals surface area (Å²) in [6.45, 7) is 6.64.